The molecular formula is C24H27ClFN3O3. The molecule has 1 fully saturated rings. The third-order valence-electron chi connectivity index (χ3n) is 5.50. The monoisotopic (exact) mass is 459 g/mol. The fourth-order valence-electron chi connectivity index (χ4n) is 3.69. The Balaban J connectivity index is 1.33. The largest absolute Gasteiger partial charge is 0.353 e. The van der Waals surface area contributed by atoms with Crippen molar-refractivity contribution >= 4 is 29.3 Å². The Kier molecular flexibility index (Phi) is 8.62. The molecule has 3 amide bonds. The lowest BCUT2D eigenvalue weighted by Crippen LogP contribution is -2.47. The normalized spacial score (nSPS) is 14.1. The summed E-state index contributed by atoms with van der Waals surface area (Å²) in [6.07, 6.45) is 2.74. The zero-order valence-electron chi connectivity index (χ0n) is 17.8. The predicted octanol–water partition coefficient (Wildman–Crippen LogP) is 3.34. The number of nitrogens with one attached hydrogen (secondary N) is 2. The summed E-state index contributed by atoms with van der Waals surface area (Å²) in [4.78, 5) is 38.5. The van der Waals surface area contributed by atoms with Gasteiger partial charge in [0.2, 0.25) is 11.8 Å². The lowest BCUT2D eigenvalue weighted by atomic mass is 10.0. The van der Waals surface area contributed by atoms with E-state index in [2.05, 4.69) is 10.6 Å². The summed E-state index contributed by atoms with van der Waals surface area (Å²) in [6.45, 7) is 1.31. The van der Waals surface area contributed by atoms with E-state index in [-0.39, 0.29) is 41.4 Å². The summed E-state index contributed by atoms with van der Waals surface area (Å²) in [5.74, 6) is -0.984. The number of carbonyl (C=O) groups is 3. The van der Waals surface area contributed by atoms with Crippen LogP contribution in [0.15, 0.2) is 48.5 Å². The lowest BCUT2D eigenvalue weighted by molar-refractivity contribution is -0.132. The van der Waals surface area contributed by atoms with Gasteiger partial charge >= 0.3 is 0 Å². The molecule has 2 aromatic carbocycles. The number of nitrogens with zero attached hydrogens (tertiary/aromatic N) is 1. The van der Waals surface area contributed by atoms with E-state index in [1.807, 2.05) is 30.3 Å². The quantitative estimate of drug-likeness (QED) is 0.635. The Bertz CT molecular complexity index is 947. The summed E-state index contributed by atoms with van der Waals surface area (Å²) < 4.78 is 13.1. The molecule has 1 aliphatic heterocycles. The molecule has 3 rings (SSSR count). The van der Waals surface area contributed by atoms with Crippen molar-refractivity contribution in [3.05, 3.63) is 70.5 Å². The van der Waals surface area contributed by atoms with Gasteiger partial charge in [0.05, 0.1) is 10.6 Å². The van der Waals surface area contributed by atoms with Gasteiger partial charge in [-0.15, -0.1) is 0 Å². The topological polar surface area (TPSA) is 78.5 Å². The highest BCUT2D eigenvalue weighted by atomic mass is 35.5. The molecule has 1 heterocycles. The molecule has 1 aliphatic rings. The fraction of sp³-hybridized carbons (Fsp3) is 0.375. The van der Waals surface area contributed by atoms with Crippen LogP contribution < -0.4 is 10.6 Å². The van der Waals surface area contributed by atoms with Gasteiger partial charge in [0.25, 0.3) is 5.91 Å². The van der Waals surface area contributed by atoms with E-state index in [0.717, 1.165) is 17.7 Å². The summed E-state index contributed by atoms with van der Waals surface area (Å²) >= 11 is 5.88. The number of piperidine rings is 1. The number of rotatable bonds is 8. The van der Waals surface area contributed by atoms with Crippen molar-refractivity contribution in [3.8, 4) is 0 Å². The molecule has 170 valence electrons. The number of likely N-dealkylation sites (tertiary alicyclic amines) is 1. The fourth-order valence-corrected chi connectivity index (χ4v) is 3.94. The minimum Gasteiger partial charge on any atom is -0.353 e. The van der Waals surface area contributed by atoms with Crippen molar-refractivity contribution in [2.75, 3.05) is 19.6 Å². The first-order valence-corrected chi connectivity index (χ1v) is 11.1. The highest BCUT2D eigenvalue weighted by Crippen LogP contribution is 2.17. The molecule has 8 heteroatoms. The molecule has 0 bridgehead atoms. The van der Waals surface area contributed by atoms with E-state index >= 15 is 0 Å². The van der Waals surface area contributed by atoms with Gasteiger partial charge in [0.1, 0.15) is 5.82 Å². The number of hydrogen-bond donors (Lipinski definition) is 2. The first-order valence-electron chi connectivity index (χ1n) is 10.8. The van der Waals surface area contributed by atoms with Crippen molar-refractivity contribution in [3.63, 3.8) is 0 Å². The molecule has 6 nitrogen and oxygen atoms in total. The molecule has 0 radical (unpaired) electrons. The molecule has 0 aliphatic carbocycles. The molecular weight excluding hydrogens is 433 g/mol. The summed E-state index contributed by atoms with van der Waals surface area (Å²) in [5.41, 5.74) is 1.31. The second-order valence-electron chi connectivity index (χ2n) is 7.84. The van der Waals surface area contributed by atoms with Crippen molar-refractivity contribution in [2.45, 2.75) is 38.1 Å². The van der Waals surface area contributed by atoms with Gasteiger partial charge in [-0.3, -0.25) is 14.4 Å². The van der Waals surface area contributed by atoms with E-state index in [1.165, 1.54) is 6.07 Å². The number of amides is 3. The zero-order valence-corrected chi connectivity index (χ0v) is 18.5. The van der Waals surface area contributed by atoms with E-state index in [1.54, 1.807) is 4.90 Å². The van der Waals surface area contributed by atoms with Crippen LogP contribution in [-0.4, -0.2) is 48.3 Å². The molecule has 1 saturated heterocycles. The number of carbonyl (C=O) groups excluding carboxylic acids is 3. The van der Waals surface area contributed by atoms with Gasteiger partial charge < -0.3 is 15.5 Å². The third-order valence-corrected chi connectivity index (χ3v) is 5.81. The second kappa shape index (κ2) is 11.6. The Labute approximate surface area is 192 Å². The van der Waals surface area contributed by atoms with Gasteiger partial charge in [-0.1, -0.05) is 41.9 Å². The van der Waals surface area contributed by atoms with E-state index in [9.17, 15) is 18.8 Å². The number of hydrogen-bond acceptors (Lipinski definition) is 3. The van der Waals surface area contributed by atoms with Gasteiger partial charge in [0, 0.05) is 38.5 Å². The van der Waals surface area contributed by atoms with Crippen LogP contribution in [0, 0.1) is 5.82 Å². The maximum atomic E-state index is 13.1. The van der Waals surface area contributed by atoms with Crippen molar-refractivity contribution in [1.29, 1.82) is 0 Å². The van der Waals surface area contributed by atoms with Gasteiger partial charge in [-0.05, 0) is 43.0 Å². The molecule has 2 aromatic rings. The Morgan fingerprint density at radius 1 is 1.03 bits per heavy atom. The predicted molar refractivity (Wildman–Crippen MR) is 121 cm³/mol. The summed E-state index contributed by atoms with van der Waals surface area (Å²) in [5, 5.41) is 5.73. The third kappa shape index (κ3) is 7.05. The first kappa shape index (κ1) is 23.7. The zero-order chi connectivity index (χ0) is 22.9. The number of aryl methyl sites for hydroxylation is 1. The molecule has 0 atom stereocenters. The standard InChI is InChI=1S/C24H27ClFN3O3/c25-21-16-18(26)7-8-20(21)24(32)27-13-10-23(31)29-14-11-19(12-15-29)28-22(30)9-6-17-4-2-1-3-5-17/h1-5,7-8,16,19H,6,9-15H2,(H,27,32)(H,28,30). The average molecular weight is 460 g/mol. The number of benzene rings is 2. The van der Waals surface area contributed by atoms with Gasteiger partial charge in [-0.25, -0.2) is 4.39 Å². The number of halogens is 2. The van der Waals surface area contributed by atoms with Crippen molar-refractivity contribution in [1.82, 2.24) is 15.5 Å². The Hall–Kier alpha value is -2.93. The molecule has 0 spiro atoms. The van der Waals surface area contributed by atoms with Crippen LogP contribution in [0.1, 0.15) is 41.6 Å². The van der Waals surface area contributed by atoms with Crippen LogP contribution >= 0.6 is 11.6 Å². The molecule has 0 unspecified atom stereocenters. The lowest BCUT2D eigenvalue weighted by Gasteiger charge is -2.32. The highest BCUT2D eigenvalue weighted by molar-refractivity contribution is 6.33. The Morgan fingerprint density at radius 2 is 1.75 bits per heavy atom. The first-order chi connectivity index (χ1) is 15.4. The summed E-state index contributed by atoms with van der Waals surface area (Å²) in [7, 11) is 0. The van der Waals surface area contributed by atoms with Crippen LogP contribution in [0.3, 0.4) is 0 Å². The van der Waals surface area contributed by atoms with Crippen molar-refractivity contribution in [2.24, 2.45) is 0 Å². The Morgan fingerprint density at radius 3 is 2.44 bits per heavy atom. The molecule has 32 heavy (non-hydrogen) atoms. The highest BCUT2D eigenvalue weighted by Gasteiger charge is 2.23. The SMILES string of the molecule is O=C(CCc1ccccc1)NC1CCN(C(=O)CCNC(=O)c2ccc(F)cc2Cl)CC1. The van der Waals surface area contributed by atoms with Crippen molar-refractivity contribution < 1.29 is 18.8 Å². The maximum Gasteiger partial charge on any atom is 0.252 e. The summed E-state index contributed by atoms with van der Waals surface area (Å²) in [6, 6.07) is 13.5. The van der Waals surface area contributed by atoms with E-state index in [0.29, 0.717) is 38.8 Å². The van der Waals surface area contributed by atoms with E-state index < -0.39 is 11.7 Å². The van der Waals surface area contributed by atoms with Crippen LogP contribution in [0.2, 0.25) is 5.02 Å². The smallest absolute Gasteiger partial charge is 0.252 e. The van der Waals surface area contributed by atoms with E-state index in [4.69, 9.17) is 11.6 Å². The minimum atomic E-state index is -0.516. The van der Waals surface area contributed by atoms with Crippen LogP contribution in [0.5, 0.6) is 0 Å². The van der Waals surface area contributed by atoms with Crippen LogP contribution in [0.4, 0.5) is 4.39 Å². The maximum absolute atomic E-state index is 13.1. The minimum absolute atomic E-state index is 0.0285. The molecule has 2 N–H and O–H groups in total. The molecule has 0 aromatic heterocycles. The second-order valence-corrected chi connectivity index (χ2v) is 8.25. The average Bonchev–Trinajstić information content (AvgIpc) is 2.78. The van der Waals surface area contributed by atoms with Crippen LogP contribution in [-0.2, 0) is 16.0 Å². The van der Waals surface area contributed by atoms with Gasteiger partial charge in [-0.2, -0.15) is 0 Å². The molecule has 0 saturated carbocycles. The van der Waals surface area contributed by atoms with Gasteiger partial charge in [0.15, 0.2) is 0 Å². The van der Waals surface area contributed by atoms with Crippen LogP contribution in [0.25, 0.3) is 0 Å².